The van der Waals surface area contributed by atoms with E-state index in [9.17, 15) is 0 Å². The highest BCUT2D eigenvalue weighted by Crippen LogP contribution is 2.44. The quantitative estimate of drug-likeness (QED) is 0.154. The second-order valence-electron chi connectivity index (χ2n) is 15.9. The normalized spacial score (nSPS) is 11.9. The van der Waals surface area contributed by atoms with Gasteiger partial charge in [-0.1, -0.05) is 141 Å². The van der Waals surface area contributed by atoms with Crippen LogP contribution in [0.3, 0.4) is 0 Å². The van der Waals surface area contributed by atoms with Crippen molar-refractivity contribution in [1.29, 1.82) is 0 Å². The van der Waals surface area contributed by atoms with Crippen LogP contribution in [0.15, 0.2) is 182 Å². The van der Waals surface area contributed by atoms with Gasteiger partial charge in [0.05, 0.1) is 32.5 Å². The van der Waals surface area contributed by atoms with E-state index in [0.29, 0.717) is 17.5 Å². The zero-order valence-corrected chi connectivity index (χ0v) is 34.4. The zero-order valence-electron chi connectivity index (χ0n) is 33.6. The molecule has 0 aliphatic carbocycles. The molecular formula is C55H39N5S. The molecule has 0 aliphatic rings. The van der Waals surface area contributed by atoms with Gasteiger partial charge in [0.1, 0.15) is 0 Å². The van der Waals surface area contributed by atoms with E-state index in [1.807, 2.05) is 47.7 Å². The molecule has 12 rings (SSSR count). The van der Waals surface area contributed by atoms with Gasteiger partial charge in [0, 0.05) is 59.4 Å². The summed E-state index contributed by atoms with van der Waals surface area (Å²) in [6.07, 6.45) is 3.42. The van der Waals surface area contributed by atoms with Crippen LogP contribution in [0.1, 0.15) is 25.3 Å². The van der Waals surface area contributed by atoms with Crippen molar-refractivity contribution in [3.05, 3.63) is 188 Å². The van der Waals surface area contributed by atoms with Crippen molar-refractivity contribution < 1.29 is 0 Å². The van der Waals surface area contributed by atoms with Crippen LogP contribution in [0.25, 0.3) is 109 Å². The summed E-state index contributed by atoms with van der Waals surface area (Å²) in [6, 6.07) is 65.4. The SMILES string of the molecule is CCCCc1ccc2c(c1)c1cc3c4ccccc4n(-c4ccccc4)c3cc1n2-c1cccc2c1sc1cc(-c3nc(-c4ccccc4)nc(-c4ccccc4)n3)ccc12. The lowest BCUT2D eigenvalue weighted by molar-refractivity contribution is 0.796. The molecule has 0 saturated heterocycles. The molecule has 6 heteroatoms. The van der Waals surface area contributed by atoms with Crippen molar-refractivity contribution in [1.82, 2.24) is 24.1 Å². The minimum absolute atomic E-state index is 0.659. The Kier molecular flexibility index (Phi) is 8.39. The average Bonchev–Trinajstić information content (AvgIpc) is 3.97. The molecular weight excluding hydrogens is 763 g/mol. The maximum Gasteiger partial charge on any atom is 0.164 e. The molecule has 0 aliphatic heterocycles. The van der Waals surface area contributed by atoms with E-state index >= 15 is 0 Å². The Morgan fingerprint density at radius 1 is 0.426 bits per heavy atom. The number of unbranched alkanes of at least 4 members (excludes halogenated alkanes) is 1. The summed E-state index contributed by atoms with van der Waals surface area (Å²) in [5.41, 5.74) is 11.4. The lowest BCUT2D eigenvalue weighted by atomic mass is 10.0. The van der Waals surface area contributed by atoms with Crippen LogP contribution >= 0.6 is 11.3 Å². The second kappa shape index (κ2) is 14.4. The number of para-hydroxylation sites is 2. The minimum Gasteiger partial charge on any atom is -0.309 e. The van der Waals surface area contributed by atoms with Crippen LogP contribution in [0, 0.1) is 0 Å². The summed E-state index contributed by atoms with van der Waals surface area (Å²) < 4.78 is 7.38. The summed E-state index contributed by atoms with van der Waals surface area (Å²) in [6.45, 7) is 2.27. The van der Waals surface area contributed by atoms with Gasteiger partial charge in [-0.3, -0.25) is 0 Å². The molecule has 0 bridgehead atoms. The highest BCUT2D eigenvalue weighted by atomic mass is 32.1. The van der Waals surface area contributed by atoms with Gasteiger partial charge in [-0.15, -0.1) is 11.3 Å². The van der Waals surface area contributed by atoms with E-state index in [2.05, 4.69) is 162 Å². The van der Waals surface area contributed by atoms with Gasteiger partial charge in [-0.05, 0) is 73.0 Å². The largest absolute Gasteiger partial charge is 0.309 e. The first-order valence-corrected chi connectivity index (χ1v) is 21.9. The van der Waals surface area contributed by atoms with Crippen molar-refractivity contribution in [3.8, 4) is 45.5 Å². The zero-order chi connectivity index (χ0) is 40.4. The van der Waals surface area contributed by atoms with Crippen LogP contribution in [0.4, 0.5) is 0 Å². The molecule has 4 aromatic heterocycles. The monoisotopic (exact) mass is 801 g/mol. The molecule has 0 unspecified atom stereocenters. The number of hydrogen-bond acceptors (Lipinski definition) is 4. The van der Waals surface area contributed by atoms with Crippen LogP contribution in [0.2, 0.25) is 0 Å². The molecule has 0 N–H and O–H groups in total. The highest BCUT2D eigenvalue weighted by Gasteiger charge is 2.21. The van der Waals surface area contributed by atoms with Gasteiger partial charge < -0.3 is 9.13 Å². The first-order valence-electron chi connectivity index (χ1n) is 21.1. The first-order chi connectivity index (χ1) is 30.2. The highest BCUT2D eigenvalue weighted by molar-refractivity contribution is 7.26. The number of nitrogens with zero attached hydrogens (tertiary/aromatic N) is 5. The van der Waals surface area contributed by atoms with Gasteiger partial charge in [-0.2, -0.15) is 0 Å². The van der Waals surface area contributed by atoms with Crippen LogP contribution in [0.5, 0.6) is 0 Å². The summed E-state index contributed by atoms with van der Waals surface area (Å²) in [5, 5.41) is 7.56. The van der Waals surface area contributed by atoms with E-state index in [0.717, 1.165) is 28.8 Å². The summed E-state index contributed by atoms with van der Waals surface area (Å²) in [5.74, 6) is 1.98. The third-order valence-electron chi connectivity index (χ3n) is 12.1. The predicted molar refractivity (Wildman–Crippen MR) is 256 cm³/mol. The molecule has 0 saturated carbocycles. The Morgan fingerprint density at radius 2 is 1.03 bits per heavy atom. The number of benzene rings is 8. The van der Waals surface area contributed by atoms with E-state index in [-0.39, 0.29) is 0 Å². The summed E-state index contributed by atoms with van der Waals surface area (Å²) in [4.78, 5) is 15.1. The van der Waals surface area contributed by atoms with Crippen LogP contribution in [-0.4, -0.2) is 24.1 Å². The van der Waals surface area contributed by atoms with Crippen molar-refractivity contribution in [2.75, 3.05) is 0 Å². The average molecular weight is 802 g/mol. The third kappa shape index (κ3) is 5.86. The predicted octanol–water partition coefficient (Wildman–Crippen LogP) is 14.8. The number of rotatable bonds is 8. The fraction of sp³-hybridized carbons (Fsp3) is 0.0727. The maximum absolute atomic E-state index is 5.06. The molecule has 12 aromatic rings. The smallest absolute Gasteiger partial charge is 0.164 e. The Bertz CT molecular complexity index is 3560. The van der Waals surface area contributed by atoms with Crippen LogP contribution in [-0.2, 0) is 6.42 Å². The number of aryl methyl sites for hydroxylation is 1. The molecule has 290 valence electrons. The van der Waals surface area contributed by atoms with Gasteiger partial charge in [0.15, 0.2) is 17.5 Å². The molecule has 0 fully saturated rings. The Balaban J connectivity index is 1.09. The topological polar surface area (TPSA) is 48.5 Å². The lowest BCUT2D eigenvalue weighted by Gasteiger charge is -2.11. The van der Waals surface area contributed by atoms with Crippen molar-refractivity contribution >= 4 is 75.1 Å². The maximum atomic E-state index is 5.06. The Labute approximate surface area is 356 Å². The van der Waals surface area contributed by atoms with E-state index in [1.165, 1.54) is 87.9 Å². The number of hydrogen-bond donors (Lipinski definition) is 0. The van der Waals surface area contributed by atoms with E-state index in [1.54, 1.807) is 0 Å². The minimum atomic E-state index is 0.659. The standard InChI is InChI=1S/C55H39N5S/c1-2-3-16-35-27-30-47-43(31-35)45-33-44-40-23-13-14-25-46(40)59(39-21-11-6-12-22-39)49(44)34-50(45)60(47)48-26-15-24-42-41-29-28-38(32-51(41)61-52(42)48)55-57-53(36-17-7-4-8-18-36)56-54(58-55)37-19-9-5-10-20-37/h4-15,17-34H,2-3,16H2,1H3. The van der Waals surface area contributed by atoms with Gasteiger partial charge >= 0.3 is 0 Å². The second-order valence-corrected chi connectivity index (χ2v) is 16.9. The molecule has 61 heavy (non-hydrogen) atoms. The first kappa shape index (κ1) is 35.5. The Morgan fingerprint density at radius 3 is 1.77 bits per heavy atom. The van der Waals surface area contributed by atoms with Crippen molar-refractivity contribution in [2.24, 2.45) is 0 Å². The number of thiophene rings is 1. The van der Waals surface area contributed by atoms with E-state index in [4.69, 9.17) is 15.0 Å². The van der Waals surface area contributed by atoms with Gasteiger partial charge in [-0.25, -0.2) is 15.0 Å². The molecule has 5 nitrogen and oxygen atoms in total. The fourth-order valence-corrected chi connectivity index (χ4v) is 10.5. The van der Waals surface area contributed by atoms with Gasteiger partial charge in [0.2, 0.25) is 0 Å². The molecule has 8 aromatic carbocycles. The Hall–Kier alpha value is -7.41. The number of aromatic nitrogens is 5. The molecule has 0 radical (unpaired) electrons. The summed E-state index contributed by atoms with van der Waals surface area (Å²) >= 11 is 1.84. The summed E-state index contributed by atoms with van der Waals surface area (Å²) in [7, 11) is 0. The molecule has 0 spiro atoms. The van der Waals surface area contributed by atoms with Gasteiger partial charge in [0.25, 0.3) is 0 Å². The van der Waals surface area contributed by atoms with Crippen molar-refractivity contribution in [2.45, 2.75) is 26.2 Å². The van der Waals surface area contributed by atoms with Crippen LogP contribution < -0.4 is 0 Å². The molecule has 0 atom stereocenters. The molecule has 4 heterocycles. The van der Waals surface area contributed by atoms with E-state index < -0.39 is 0 Å². The van der Waals surface area contributed by atoms with Crippen molar-refractivity contribution in [3.63, 3.8) is 0 Å². The lowest BCUT2D eigenvalue weighted by Crippen LogP contribution is -1.99. The number of fused-ring (bicyclic) bond motifs is 9. The third-order valence-corrected chi connectivity index (χ3v) is 13.3. The molecule has 0 amide bonds. The fourth-order valence-electron chi connectivity index (χ4n) is 9.22.